The molecule has 11 heteroatoms. The summed E-state index contributed by atoms with van der Waals surface area (Å²) >= 11 is 0. The summed E-state index contributed by atoms with van der Waals surface area (Å²) in [6.45, 7) is 4.63. The standard InChI is InChI=1S/C21H19N5O.C2HF3O2/c1-13-5-6-15(14(2)10-13)12-23-21-25-19(20(27)26-21)11-16-7-8-17-18(24-16)4-3-9-22-17;3-2(4,5)1(6)7/h3-11H,12H2,1-2H3,(H2,23,25,26,27);(H,6,7)/b19-11-;. The van der Waals surface area contributed by atoms with Gasteiger partial charge in [0.15, 0.2) is 0 Å². The Morgan fingerprint density at radius 2 is 1.85 bits per heavy atom. The summed E-state index contributed by atoms with van der Waals surface area (Å²) in [4.78, 5) is 34.3. The molecule has 2 aromatic heterocycles. The molecule has 0 bridgehead atoms. The summed E-state index contributed by atoms with van der Waals surface area (Å²) in [5.41, 5.74) is 6.25. The predicted molar refractivity (Wildman–Crippen MR) is 120 cm³/mol. The van der Waals surface area contributed by atoms with E-state index in [-0.39, 0.29) is 5.91 Å². The van der Waals surface area contributed by atoms with Gasteiger partial charge in [-0.1, -0.05) is 23.8 Å². The molecule has 0 unspecified atom stereocenters. The fourth-order valence-corrected chi connectivity index (χ4v) is 2.96. The molecule has 1 fully saturated rings. The van der Waals surface area contributed by atoms with Crippen LogP contribution in [0.4, 0.5) is 13.2 Å². The van der Waals surface area contributed by atoms with E-state index >= 15 is 0 Å². The number of alkyl halides is 3. The van der Waals surface area contributed by atoms with Crippen LogP contribution in [-0.2, 0) is 16.1 Å². The highest BCUT2D eigenvalue weighted by atomic mass is 19.4. The molecule has 4 rings (SSSR count). The third kappa shape index (κ3) is 6.37. The van der Waals surface area contributed by atoms with Crippen LogP contribution in [0.3, 0.4) is 0 Å². The first-order valence-corrected chi connectivity index (χ1v) is 9.95. The van der Waals surface area contributed by atoms with Crippen molar-refractivity contribution in [3.8, 4) is 0 Å². The molecule has 1 saturated heterocycles. The maximum atomic E-state index is 12.2. The third-order valence-electron chi connectivity index (χ3n) is 4.65. The highest BCUT2D eigenvalue weighted by molar-refractivity contribution is 6.15. The van der Waals surface area contributed by atoms with E-state index in [1.807, 2.05) is 24.3 Å². The summed E-state index contributed by atoms with van der Waals surface area (Å²) in [5.74, 6) is -2.52. The molecule has 1 aliphatic heterocycles. The van der Waals surface area contributed by atoms with Gasteiger partial charge in [-0.2, -0.15) is 13.2 Å². The largest absolute Gasteiger partial charge is 0.490 e. The van der Waals surface area contributed by atoms with Crippen molar-refractivity contribution in [2.24, 2.45) is 4.99 Å². The van der Waals surface area contributed by atoms with E-state index in [9.17, 15) is 18.0 Å². The first-order valence-electron chi connectivity index (χ1n) is 9.95. The Labute approximate surface area is 192 Å². The van der Waals surface area contributed by atoms with Gasteiger partial charge in [-0.25, -0.2) is 14.8 Å². The number of benzene rings is 1. The van der Waals surface area contributed by atoms with Crippen molar-refractivity contribution in [2.75, 3.05) is 0 Å². The maximum Gasteiger partial charge on any atom is 0.490 e. The van der Waals surface area contributed by atoms with Crippen molar-refractivity contribution in [2.45, 2.75) is 26.6 Å². The van der Waals surface area contributed by atoms with Crippen LogP contribution in [0, 0.1) is 13.8 Å². The number of aliphatic imine (C=N–C) groups is 1. The number of hydrogen-bond donors (Lipinski definition) is 3. The predicted octanol–water partition coefficient (Wildman–Crippen LogP) is 3.50. The van der Waals surface area contributed by atoms with Crippen LogP contribution in [0.25, 0.3) is 17.1 Å². The second-order valence-corrected chi connectivity index (χ2v) is 7.31. The van der Waals surface area contributed by atoms with Gasteiger partial charge in [0.25, 0.3) is 5.91 Å². The van der Waals surface area contributed by atoms with Crippen LogP contribution >= 0.6 is 0 Å². The Hall–Kier alpha value is -4.28. The minimum Gasteiger partial charge on any atom is -0.475 e. The zero-order valence-electron chi connectivity index (χ0n) is 18.1. The smallest absolute Gasteiger partial charge is 0.475 e. The van der Waals surface area contributed by atoms with Gasteiger partial charge in [0, 0.05) is 6.20 Å². The van der Waals surface area contributed by atoms with Gasteiger partial charge >= 0.3 is 12.1 Å². The lowest BCUT2D eigenvalue weighted by atomic mass is 10.1. The second kappa shape index (κ2) is 10.1. The number of halogens is 3. The van der Waals surface area contributed by atoms with Crippen molar-refractivity contribution in [1.29, 1.82) is 0 Å². The van der Waals surface area contributed by atoms with Crippen LogP contribution in [0.2, 0.25) is 0 Å². The average molecular weight is 471 g/mol. The van der Waals surface area contributed by atoms with Gasteiger partial charge in [0.05, 0.1) is 23.3 Å². The number of carbonyl (C=O) groups is 2. The monoisotopic (exact) mass is 471 g/mol. The summed E-state index contributed by atoms with van der Waals surface area (Å²) in [6, 6.07) is 13.7. The lowest BCUT2D eigenvalue weighted by Crippen LogP contribution is -2.25. The number of hydrogen-bond acceptors (Lipinski definition) is 5. The number of nitrogens with zero attached hydrogens (tertiary/aromatic N) is 3. The van der Waals surface area contributed by atoms with Gasteiger partial charge in [0.1, 0.15) is 5.70 Å². The summed E-state index contributed by atoms with van der Waals surface area (Å²) in [6.07, 6.45) is -1.64. The number of pyridine rings is 2. The number of aryl methyl sites for hydroxylation is 2. The van der Waals surface area contributed by atoms with Crippen molar-refractivity contribution >= 4 is 34.9 Å². The average Bonchev–Trinajstić information content (AvgIpc) is 3.12. The van der Waals surface area contributed by atoms with Gasteiger partial charge < -0.3 is 10.4 Å². The molecule has 0 radical (unpaired) electrons. The van der Waals surface area contributed by atoms with Gasteiger partial charge in [-0.15, -0.1) is 0 Å². The topological polar surface area (TPSA) is 117 Å². The van der Waals surface area contributed by atoms with Gasteiger partial charge in [0.2, 0.25) is 5.96 Å². The van der Waals surface area contributed by atoms with Crippen LogP contribution in [-0.4, -0.2) is 39.1 Å². The number of carbonyl (C=O) groups excluding carboxylic acids is 1. The molecular formula is C23H20F3N5O3. The fraction of sp³-hybridized carbons (Fsp3) is 0.174. The molecule has 0 spiro atoms. The van der Waals surface area contributed by atoms with Gasteiger partial charge in [-0.3, -0.25) is 15.1 Å². The Kier molecular flexibility index (Phi) is 7.24. The number of rotatable bonds is 3. The molecule has 0 aliphatic carbocycles. The van der Waals surface area contributed by atoms with Crippen LogP contribution in [0.1, 0.15) is 22.4 Å². The summed E-state index contributed by atoms with van der Waals surface area (Å²) in [5, 5.41) is 12.9. The quantitative estimate of drug-likeness (QED) is 0.504. The Bertz CT molecular complexity index is 1300. The first kappa shape index (κ1) is 24.4. The van der Waals surface area contributed by atoms with E-state index in [0.29, 0.717) is 23.9 Å². The number of fused-ring (bicyclic) bond motifs is 1. The minimum atomic E-state index is -5.08. The van der Waals surface area contributed by atoms with Crippen molar-refractivity contribution in [3.63, 3.8) is 0 Å². The highest BCUT2D eigenvalue weighted by Crippen LogP contribution is 2.14. The van der Waals surface area contributed by atoms with E-state index in [1.54, 1.807) is 12.3 Å². The van der Waals surface area contributed by atoms with Crippen molar-refractivity contribution in [1.82, 2.24) is 20.6 Å². The number of aromatic nitrogens is 2. The van der Waals surface area contributed by atoms with Crippen molar-refractivity contribution in [3.05, 3.63) is 76.7 Å². The fourth-order valence-electron chi connectivity index (χ4n) is 2.96. The molecule has 3 N–H and O–H groups in total. The van der Waals surface area contributed by atoms with Crippen LogP contribution in [0.15, 0.2) is 59.4 Å². The first-order chi connectivity index (χ1) is 16.0. The molecule has 1 amide bonds. The number of guanidine groups is 1. The van der Waals surface area contributed by atoms with Crippen LogP contribution < -0.4 is 10.6 Å². The van der Waals surface area contributed by atoms with Gasteiger partial charge in [-0.05, 0) is 55.3 Å². The second-order valence-electron chi connectivity index (χ2n) is 7.31. The molecule has 176 valence electrons. The molecular weight excluding hydrogens is 451 g/mol. The highest BCUT2D eigenvalue weighted by Gasteiger charge is 2.38. The third-order valence-corrected chi connectivity index (χ3v) is 4.65. The Morgan fingerprint density at radius 3 is 2.53 bits per heavy atom. The number of nitrogens with one attached hydrogen (secondary N) is 2. The van der Waals surface area contributed by atoms with E-state index in [4.69, 9.17) is 9.90 Å². The number of amides is 1. The zero-order valence-corrected chi connectivity index (χ0v) is 18.1. The van der Waals surface area contributed by atoms with E-state index in [0.717, 1.165) is 16.6 Å². The molecule has 34 heavy (non-hydrogen) atoms. The molecule has 1 aromatic carbocycles. The molecule has 0 saturated carbocycles. The maximum absolute atomic E-state index is 12.2. The van der Waals surface area contributed by atoms with E-state index < -0.39 is 12.1 Å². The molecule has 1 aliphatic rings. The minimum absolute atomic E-state index is 0.220. The normalized spacial score (nSPS) is 15.6. The molecule has 0 atom stereocenters. The zero-order chi connectivity index (χ0) is 24.9. The number of carboxylic acids is 1. The lowest BCUT2D eigenvalue weighted by molar-refractivity contribution is -0.192. The SMILES string of the molecule is Cc1ccc(CN=C2NC(=O)/C(=C/c3ccc4ncccc4n3)N2)c(C)c1.O=C(O)C(F)(F)F. The summed E-state index contributed by atoms with van der Waals surface area (Å²) in [7, 11) is 0. The Morgan fingerprint density at radius 1 is 1.12 bits per heavy atom. The molecule has 3 heterocycles. The van der Waals surface area contributed by atoms with Crippen molar-refractivity contribution < 1.29 is 27.9 Å². The van der Waals surface area contributed by atoms with E-state index in [1.165, 1.54) is 11.1 Å². The lowest BCUT2D eigenvalue weighted by Gasteiger charge is -2.04. The van der Waals surface area contributed by atoms with Crippen LogP contribution in [0.5, 0.6) is 0 Å². The molecule has 8 nitrogen and oxygen atoms in total. The Balaban J connectivity index is 0.000000406. The summed E-state index contributed by atoms with van der Waals surface area (Å²) < 4.78 is 31.7. The molecule has 3 aromatic rings. The number of aliphatic carboxylic acids is 1. The van der Waals surface area contributed by atoms with E-state index in [2.05, 4.69) is 57.6 Å². The number of carboxylic acid groups (broad SMARTS) is 1.